The fourth-order valence-corrected chi connectivity index (χ4v) is 1.96. The van der Waals surface area contributed by atoms with Crippen molar-refractivity contribution < 1.29 is 5.11 Å². The SMILES string of the molecule is CCn1cc(NC2CC(O)C2(C)C)cn1. The third kappa shape index (κ3) is 1.74. The molecule has 1 fully saturated rings. The van der Waals surface area contributed by atoms with Gasteiger partial charge in [-0.25, -0.2) is 0 Å². The molecule has 1 aliphatic rings. The van der Waals surface area contributed by atoms with E-state index in [2.05, 4.69) is 31.2 Å². The summed E-state index contributed by atoms with van der Waals surface area (Å²) in [6, 6.07) is 0.349. The van der Waals surface area contributed by atoms with E-state index in [0.717, 1.165) is 18.7 Å². The highest BCUT2D eigenvalue weighted by Crippen LogP contribution is 2.42. The molecule has 1 heterocycles. The summed E-state index contributed by atoms with van der Waals surface area (Å²) in [5, 5.41) is 17.2. The molecule has 1 saturated carbocycles. The van der Waals surface area contributed by atoms with E-state index in [-0.39, 0.29) is 11.5 Å². The van der Waals surface area contributed by atoms with Crippen molar-refractivity contribution in [3.8, 4) is 0 Å². The lowest BCUT2D eigenvalue weighted by Crippen LogP contribution is -2.56. The molecule has 15 heavy (non-hydrogen) atoms. The number of aliphatic hydroxyl groups excluding tert-OH is 1. The Labute approximate surface area is 90.3 Å². The Balaban J connectivity index is 1.98. The molecule has 2 unspecified atom stereocenters. The molecule has 0 amide bonds. The van der Waals surface area contributed by atoms with Gasteiger partial charge in [-0.2, -0.15) is 5.10 Å². The molecule has 84 valence electrons. The summed E-state index contributed by atoms with van der Waals surface area (Å²) >= 11 is 0. The Hall–Kier alpha value is -1.03. The topological polar surface area (TPSA) is 50.1 Å². The Bertz CT molecular complexity index is 345. The predicted molar refractivity (Wildman–Crippen MR) is 59.7 cm³/mol. The van der Waals surface area contributed by atoms with Crippen LogP contribution in [0.15, 0.2) is 12.4 Å². The van der Waals surface area contributed by atoms with Gasteiger partial charge in [0.1, 0.15) is 0 Å². The Kier molecular flexibility index (Phi) is 2.46. The number of aryl methyl sites for hydroxylation is 1. The zero-order valence-electron chi connectivity index (χ0n) is 9.57. The largest absolute Gasteiger partial charge is 0.392 e. The first-order chi connectivity index (χ1) is 7.04. The van der Waals surface area contributed by atoms with Crippen LogP contribution in [-0.4, -0.2) is 27.0 Å². The van der Waals surface area contributed by atoms with E-state index in [0.29, 0.717) is 6.04 Å². The number of aliphatic hydroxyl groups is 1. The summed E-state index contributed by atoms with van der Waals surface area (Å²) in [6.45, 7) is 7.12. The number of nitrogens with one attached hydrogen (secondary N) is 1. The van der Waals surface area contributed by atoms with Crippen molar-refractivity contribution in [2.75, 3.05) is 5.32 Å². The van der Waals surface area contributed by atoms with E-state index < -0.39 is 0 Å². The maximum atomic E-state index is 9.61. The second-order valence-corrected chi connectivity index (χ2v) is 4.85. The number of aromatic nitrogens is 2. The van der Waals surface area contributed by atoms with Crippen LogP contribution in [0, 0.1) is 5.41 Å². The van der Waals surface area contributed by atoms with Gasteiger partial charge in [-0.3, -0.25) is 4.68 Å². The second-order valence-electron chi connectivity index (χ2n) is 4.85. The average molecular weight is 209 g/mol. The van der Waals surface area contributed by atoms with Crippen molar-refractivity contribution >= 4 is 5.69 Å². The Morgan fingerprint density at radius 3 is 2.87 bits per heavy atom. The number of hydrogen-bond acceptors (Lipinski definition) is 3. The summed E-state index contributed by atoms with van der Waals surface area (Å²) in [7, 11) is 0. The molecule has 0 radical (unpaired) electrons. The van der Waals surface area contributed by atoms with Crippen LogP contribution in [0.4, 0.5) is 5.69 Å². The van der Waals surface area contributed by atoms with E-state index >= 15 is 0 Å². The minimum Gasteiger partial charge on any atom is -0.392 e. The molecule has 2 N–H and O–H groups in total. The van der Waals surface area contributed by atoms with Gasteiger partial charge in [-0.05, 0) is 13.3 Å². The number of hydrogen-bond donors (Lipinski definition) is 2. The van der Waals surface area contributed by atoms with Gasteiger partial charge in [-0.1, -0.05) is 13.8 Å². The molecule has 0 saturated heterocycles. The molecular formula is C11H19N3O. The van der Waals surface area contributed by atoms with Gasteiger partial charge in [0.2, 0.25) is 0 Å². The van der Waals surface area contributed by atoms with Crippen molar-refractivity contribution in [2.45, 2.75) is 45.9 Å². The molecule has 0 spiro atoms. The fraction of sp³-hybridized carbons (Fsp3) is 0.727. The van der Waals surface area contributed by atoms with Gasteiger partial charge in [-0.15, -0.1) is 0 Å². The molecule has 0 aliphatic heterocycles. The Morgan fingerprint density at radius 1 is 1.67 bits per heavy atom. The first kappa shape index (κ1) is 10.5. The van der Waals surface area contributed by atoms with Crippen LogP contribution in [0.5, 0.6) is 0 Å². The summed E-state index contributed by atoms with van der Waals surface area (Å²) in [6.07, 6.45) is 4.48. The summed E-state index contributed by atoms with van der Waals surface area (Å²) in [5.41, 5.74) is 1.01. The van der Waals surface area contributed by atoms with Crippen LogP contribution in [0.1, 0.15) is 27.2 Å². The van der Waals surface area contributed by atoms with Gasteiger partial charge in [0.15, 0.2) is 0 Å². The zero-order valence-corrected chi connectivity index (χ0v) is 9.57. The number of anilines is 1. The van der Waals surface area contributed by atoms with Crippen LogP contribution in [0.25, 0.3) is 0 Å². The molecule has 0 aromatic carbocycles. The first-order valence-electron chi connectivity index (χ1n) is 5.51. The molecule has 1 aromatic rings. The normalized spacial score (nSPS) is 28.5. The third-order valence-corrected chi connectivity index (χ3v) is 3.51. The van der Waals surface area contributed by atoms with E-state index in [1.54, 1.807) is 0 Å². The van der Waals surface area contributed by atoms with E-state index in [4.69, 9.17) is 0 Å². The minimum absolute atomic E-state index is 0.0334. The molecule has 1 aromatic heterocycles. The van der Waals surface area contributed by atoms with Gasteiger partial charge in [0, 0.05) is 24.2 Å². The van der Waals surface area contributed by atoms with Crippen LogP contribution in [0.3, 0.4) is 0 Å². The minimum atomic E-state index is -0.184. The predicted octanol–water partition coefficient (Wildman–Crippen LogP) is 1.47. The maximum absolute atomic E-state index is 9.61. The molecule has 2 atom stereocenters. The fourth-order valence-electron chi connectivity index (χ4n) is 1.96. The number of rotatable bonds is 3. The zero-order chi connectivity index (χ0) is 11.1. The van der Waals surface area contributed by atoms with Gasteiger partial charge < -0.3 is 10.4 Å². The van der Waals surface area contributed by atoms with Gasteiger partial charge >= 0.3 is 0 Å². The quantitative estimate of drug-likeness (QED) is 0.792. The highest BCUT2D eigenvalue weighted by Gasteiger charge is 2.47. The third-order valence-electron chi connectivity index (χ3n) is 3.51. The van der Waals surface area contributed by atoms with Crippen molar-refractivity contribution in [2.24, 2.45) is 5.41 Å². The molecule has 2 rings (SSSR count). The molecular weight excluding hydrogens is 190 g/mol. The van der Waals surface area contributed by atoms with Crippen LogP contribution in [-0.2, 0) is 6.54 Å². The molecule has 1 aliphatic carbocycles. The molecule has 4 heteroatoms. The van der Waals surface area contributed by atoms with Crippen molar-refractivity contribution in [3.63, 3.8) is 0 Å². The second kappa shape index (κ2) is 3.52. The summed E-state index contributed by atoms with van der Waals surface area (Å²) in [4.78, 5) is 0. The maximum Gasteiger partial charge on any atom is 0.0728 e. The standard InChI is InChI=1S/C11H19N3O/c1-4-14-7-8(6-12-14)13-9-5-10(15)11(9,2)3/h6-7,9-10,13,15H,4-5H2,1-3H3. The van der Waals surface area contributed by atoms with E-state index in [1.807, 2.05) is 17.1 Å². The monoisotopic (exact) mass is 209 g/mol. The number of nitrogens with zero attached hydrogens (tertiary/aromatic N) is 2. The molecule has 4 nitrogen and oxygen atoms in total. The van der Waals surface area contributed by atoms with Crippen LogP contribution < -0.4 is 5.32 Å². The lowest BCUT2D eigenvalue weighted by molar-refractivity contribution is -0.0510. The average Bonchev–Trinajstić information content (AvgIpc) is 2.65. The van der Waals surface area contributed by atoms with Crippen molar-refractivity contribution in [1.29, 1.82) is 0 Å². The van der Waals surface area contributed by atoms with Gasteiger partial charge in [0.25, 0.3) is 0 Å². The van der Waals surface area contributed by atoms with Crippen LogP contribution >= 0.6 is 0 Å². The van der Waals surface area contributed by atoms with Gasteiger partial charge in [0.05, 0.1) is 18.0 Å². The van der Waals surface area contributed by atoms with E-state index in [1.165, 1.54) is 0 Å². The van der Waals surface area contributed by atoms with E-state index in [9.17, 15) is 5.11 Å². The lowest BCUT2D eigenvalue weighted by Gasteiger charge is -2.49. The lowest BCUT2D eigenvalue weighted by atomic mass is 9.64. The molecule has 0 bridgehead atoms. The Morgan fingerprint density at radius 2 is 2.40 bits per heavy atom. The van der Waals surface area contributed by atoms with Crippen molar-refractivity contribution in [3.05, 3.63) is 12.4 Å². The van der Waals surface area contributed by atoms with Crippen molar-refractivity contribution in [1.82, 2.24) is 9.78 Å². The summed E-state index contributed by atoms with van der Waals surface area (Å²) < 4.78 is 1.89. The highest BCUT2D eigenvalue weighted by molar-refractivity contribution is 5.41. The first-order valence-corrected chi connectivity index (χ1v) is 5.51. The highest BCUT2D eigenvalue weighted by atomic mass is 16.3. The smallest absolute Gasteiger partial charge is 0.0728 e. The summed E-state index contributed by atoms with van der Waals surface area (Å²) in [5.74, 6) is 0. The van der Waals surface area contributed by atoms with Crippen LogP contribution in [0.2, 0.25) is 0 Å².